The number of aromatic nitrogens is 2. The second kappa shape index (κ2) is 4.49. The van der Waals surface area contributed by atoms with Gasteiger partial charge < -0.3 is 5.11 Å². The third-order valence-corrected chi connectivity index (χ3v) is 3.00. The summed E-state index contributed by atoms with van der Waals surface area (Å²) in [7, 11) is 0. The lowest BCUT2D eigenvalue weighted by atomic mass is 10.1. The predicted molar refractivity (Wildman–Crippen MR) is 63.1 cm³/mol. The van der Waals surface area contributed by atoms with Gasteiger partial charge in [0.15, 0.2) is 0 Å². The molecule has 2 rings (SSSR count). The summed E-state index contributed by atoms with van der Waals surface area (Å²) in [5.74, 6) is -0.885. The van der Waals surface area contributed by atoms with Crippen LogP contribution < -0.4 is 0 Å². The van der Waals surface area contributed by atoms with Crippen molar-refractivity contribution < 1.29 is 9.90 Å². The Kier molecular flexibility index (Phi) is 3.05. The smallest absolute Gasteiger partial charge is 0.309 e. The molecule has 0 aliphatic rings. The molecule has 16 heavy (non-hydrogen) atoms. The Bertz CT molecular complexity index is 508. The average molecular weight is 281 g/mol. The van der Waals surface area contributed by atoms with Crippen LogP contribution in [0.2, 0.25) is 0 Å². The van der Waals surface area contributed by atoms with Crippen molar-refractivity contribution in [2.75, 3.05) is 0 Å². The molecule has 0 aliphatic carbocycles. The largest absolute Gasteiger partial charge is 0.481 e. The highest BCUT2D eigenvalue weighted by Gasteiger charge is 2.14. The Hall–Kier alpha value is -1.62. The highest BCUT2D eigenvalue weighted by atomic mass is 79.9. The van der Waals surface area contributed by atoms with E-state index in [0.717, 1.165) is 11.3 Å². The molecule has 0 unspecified atom stereocenters. The molecule has 0 fully saturated rings. The first-order valence-corrected chi connectivity index (χ1v) is 5.47. The Labute approximate surface area is 100 Å². The summed E-state index contributed by atoms with van der Waals surface area (Å²) >= 11 is 3.36. The number of hydrogen-bond donors (Lipinski definition) is 2. The third kappa shape index (κ3) is 2.14. The van der Waals surface area contributed by atoms with Crippen molar-refractivity contribution in [3.63, 3.8) is 0 Å². The zero-order valence-corrected chi connectivity index (χ0v) is 9.86. The van der Waals surface area contributed by atoms with Crippen LogP contribution in [0.25, 0.3) is 11.3 Å². The van der Waals surface area contributed by atoms with Crippen LogP contribution in [0.4, 0.5) is 0 Å². The van der Waals surface area contributed by atoms with Crippen LogP contribution in [0.3, 0.4) is 0 Å². The van der Waals surface area contributed by atoms with Gasteiger partial charge in [0, 0.05) is 5.56 Å². The zero-order valence-electron chi connectivity index (χ0n) is 8.27. The molecule has 1 heterocycles. The molecule has 0 spiro atoms. The van der Waals surface area contributed by atoms with Crippen molar-refractivity contribution in [3.05, 3.63) is 40.5 Å². The minimum absolute atomic E-state index is 0.0690. The van der Waals surface area contributed by atoms with Gasteiger partial charge >= 0.3 is 5.97 Å². The summed E-state index contributed by atoms with van der Waals surface area (Å²) in [6.07, 6.45) is -0.0690. The van der Waals surface area contributed by atoms with Gasteiger partial charge in [-0.15, -0.1) is 0 Å². The van der Waals surface area contributed by atoms with Crippen LogP contribution in [-0.4, -0.2) is 21.3 Å². The minimum Gasteiger partial charge on any atom is -0.481 e. The summed E-state index contributed by atoms with van der Waals surface area (Å²) in [6, 6.07) is 9.58. The molecule has 1 aromatic carbocycles. The molecule has 0 saturated carbocycles. The topological polar surface area (TPSA) is 66.0 Å². The molecule has 0 saturated heterocycles. The van der Waals surface area contributed by atoms with Crippen molar-refractivity contribution in [2.24, 2.45) is 0 Å². The van der Waals surface area contributed by atoms with Gasteiger partial charge in [0.25, 0.3) is 0 Å². The van der Waals surface area contributed by atoms with Gasteiger partial charge in [-0.05, 0) is 15.9 Å². The fourth-order valence-corrected chi connectivity index (χ4v) is 1.97. The van der Waals surface area contributed by atoms with Crippen molar-refractivity contribution in [3.8, 4) is 11.3 Å². The van der Waals surface area contributed by atoms with Crippen LogP contribution in [0.5, 0.6) is 0 Å². The van der Waals surface area contributed by atoms with Gasteiger partial charge in [-0.3, -0.25) is 9.89 Å². The highest BCUT2D eigenvalue weighted by molar-refractivity contribution is 9.10. The van der Waals surface area contributed by atoms with Gasteiger partial charge in [-0.2, -0.15) is 5.10 Å². The number of nitrogens with zero attached hydrogens (tertiary/aromatic N) is 1. The van der Waals surface area contributed by atoms with E-state index < -0.39 is 5.97 Å². The fourth-order valence-electron chi connectivity index (χ4n) is 1.42. The lowest BCUT2D eigenvalue weighted by molar-refractivity contribution is -0.136. The van der Waals surface area contributed by atoms with E-state index in [1.54, 1.807) is 0 Å². The van der Waals surface area contributed by atoms with Gasteiger partial charge in [-0.1, -0.05) is 30.3 Å². The Morgan fingerprint density at radius 1 is 1.38 bits per heavy atom. The molecular formula is C11H9BrN2O2. The Balaban J connectivity index is 2.37. The minimum atomic E-state index is -0.885. The van der Waals surface area contributed by atoms with E-state index >= 15 is 0 Å². The van der Waals surface area contributed by atoms with E-state index in [0.29, 0.717) is 10.2 Å². The number of benzene rings is 1. The normalized spacial score (nSPS) is 10.3. The molecule has 0 aliphatic heterocycles. The van der Waals surface area contributed by atoms with E-state index in [1.165, 1.54) is 0 Å². The van der Waals surface area contributed by atoms with Crippen molar-refractivity contribution in [1.82, 2.24) is 10.2 Å². The molecule has 0 amide bonds. The number of carboxylic acid groups (broad SMARTS) is 1. The SMILES string of the molecule is O=C(O)Cc1[nH]nc(-c2ccccc2)c1Br. The lowest BCUT2D eigenvalue weighted by Gasteiger charge is -1.97. The molecule has 0 atom stereocenters. The number of carboxylic acids is 1. The van der Waals surface area contributed by atoms with E-state index in [2.05, 4.69) is 26.1 Å². The van der Waals surface area contributed by atoms with E-state index in [4.69, 9.17) is 5.11 Å². The monoisotopic (exact) mass is 280 g/mol. The van der Waals surface area contributed by atoms with Crippen LogP contribution >= 0.6 is 15.9 Å². The van der Waals surface area contributed by atoms with Gasteiger partial charge in [0.1, 0.15) is 5.69 Å². The summed E-state index contributed by atoms with van der Waals surface area (Å²) in [5, 5.41) is 15.5. The van der Waals surface area contributed by atoms with Crippen molar-refractivity contribution in [2.45, 2.75) is 6.42 Å². The Morgan fingerprint density at radius 2 is 2.06 bits per heavy atom. The molecule has 4 nitrogen and oxygen atoms in total. The highest BCUT2D eigenvalue weighted by Crippen LogP contribution is 2.28. The summed E-state index contributed by atoms with van der Waals surface area (Å²) in [5.41, 5.74) is 2.26. The van der Waals surface area contributed by atoms with E-state index in [1.807, 2.05) is 30.3 Å². The maximum Gasteiger partial charge on any atom is 0.309 e. The lowest BCUT2D eigenvalue weighted by Crippen LogP contribution is -2.00. The average Bonchev–Trinajstić information content (AvgIpc) is 2.61. The van der Waals surface area contributed by atoms with Gasteiger partial charge in [0.05, 0.1) is 16.6 Å². The summed E-state index contributed by atoms with van der Waals surface area (Å²) in [6.45, 7) is 0. The maximum atomic E-state index is 10.6. The molecule has 2 N–H and O–H groups in total. The van der Waals surface area contributed by atoms with Crippen molar-refractivity contribution >= 4 is 21.9 Å². The quantitative estimate of drug-likeness (QED) is 0.908. The first-order valence-electron chi connectivity index (χ1n) is 4.68. The van der Waals surface area contributed by atoms with Crippen molar-refractivity contribution in [1.29, 1.82) is 0 Å². The Morgan fingerprint density at radius 3 is 2.69 bits per heavy atom. The standard InChI is InChI=1S/C11H9BrN2O2/c12-10-8(6-9(15)16)13-14-11(10)7-4-2-1-3-5-7/h1-5H,6H2,(H,13,14)(H,15,16). The number of hydrogen-bond acceptors (Lipinski definition) is 2. The van der Waals surface area contributed by atoms with Crippen LogP contribution in [-0.2, 0) is 11.2 Å². The molecular weight excluding hydrogens is 272 g/mol. The molecule has 0 bridgehead atoms. The van der Waals surface area contributed by atoms with E-state index in [9.17, 15) is 4.79 Å². The number of aliphatic carboxylic acids is 1. The number of nitrogens with one attached hydrogen (secondary N) is 1. The molecule has 82 valence electrons. The fraction of sp³-hybridized carbons (Fsp3) is 0.0909. The summed E-state index contributed by atoms with van der Waals surface area (Å²) in [4.78, 5) is 10.6. The van der Waals surface area contributed by atoms with Crippen LogP contribution in [0, 0.1) is 0 Å². The third-order valence-electron chi connectivity index (χ3n) is 2.15. The van der Waals surface area contributed by atoms with E-state index in [-0.39, 0.29) is 6.42 Å². The molecule has 2 aromatic rings. The molecule has 0 radical (unpaired) electrons. The van der Waals surface area contributed by atoms with Gasteiger partial charge in [-0.25, -0.2) is 0 Å². The first-order chi connectivity index (χ1) is 7.68. The van der Waals surface area contributed by atoms with Crippen LogP contribution in [0.1, 0.15) is 5.69 Å². The molecule has 1 aromatic heterocycles. The number of rotatable bonds is 3. The summed E-state index contributed by atoms with van der Waals surface area (Å²) < 4.78 is 0.709. The second-order valence-electron chi connectivity index (χ2n) is 3.30. The first kappa shape index (κ1) is 10.9. The maximum absolute atomic E-state index is 10.6. The predicted octanol–water partition coefficient (Wildman–Crippen LogP) is 2.47. The molecule has 5 heteroatoms. The van der Waals surface area contributed by atoms with Gasteiger partial charge in [0.2, 0.25) is 0 Å². The zero-order chi connectivity index (χ0) is 11.5. The second-order valence-corrected chi connectivity index (χ2v) is 4.09. The number of halogens is 1. The number of carbonyl (C=O) groups is 1. The number of aromatic amines is 1. The van der Waals surface area contributed by atoms with Crippen LogP contribution in [0.15, 0.2) is 34.8 Å². The number of H-pyrrole nitrogens is 1.